The van der Waals surface area contributed by atoms with Gasteiger partial charge in [0.2, 0.25) is 0 Å². The summed E-state index contributed by atoms with van der Waals surface area (Å²) in [4.78, 5) is 10.9. The molecule has 0 radical (unpaired) electrons. The van der Waals surface area contributed by atoms with Crippen LogP contribution in [0, 0.1) is 22.7 Å². The molecule has 15 heavy (non-hydrogen) atoms. The van der Waals surface area contributed by atoms with Crippen LogP contribution in [0.25, 0.3) is 11.0 Å². The number of nitriles is 2. The van der Waals surface area contributed by atoms with Crippen molar-refractivity contribution in [3.63, 3.8) is 0 Å². The van der Waals surface area contributed by atoms with E-state index in [4.69, 9.17) is 15.9 Å². The lowest BCUT2D eigenvalue weighted by Crippen LogP contribution is -1.94. The molecule has 0 saturated carbocycles. The van der Waals surface area contributed by atoms with Gasteiger partial charge in [0.15, 0.2) is 0 Å². The van der Waals surface area contributed by atoms with Crippen molar-refractivity contribution in [3.8, 4) is 12.1 Å². The molecular weight excluding hydrogens is 190 g/mol. The second-order valence-electron chi connectivity index (χ2n) is 2.62. The third-order valence-corrected chi connectivity index (χ3v) is 1.76. The number of carbonyl (C=O) groups excluding carboxylic acids is 1. The molecule has 0 aliphatic heterocycles. The van der Waals surface area contributed by atoms with Crippen LogP contribution in [0.1, 0.15) is 15.9 Å². The van der Waals surface area contributed by atoms with Gasteiger partial charge in [-0.2, -0.15) is 10.5 Å². The highest BCUT2D eigenvalue weighted by atomic mass is 16.1. The standard InChI is InChI=1S/C11H4N3O/c12-5-10(6-13)8-1-3-9(4-2-8)11(15)7-14/h1-4H/q-1. The summed E-state index contributed by atoms with van der Waals surface area (Å²) in [5.41, 5.74) is 0.664. The van der Waals surface area contributed by atoms with Gasteiger partial charge in [-0.3, -0.25) is 4.79 Å². The molecule has 1 aromatic rings. The van der Waals surface area contributed by atoms with Crippen LogP contribution >= 0.6 is 0 Å². The first-order valence-electron chi connectivity index (χ1n) is 3.95. The summed E-state index contributed by atoms with van der Waals surface area (Å²) in [5, 5.41) is 25.5. The summed E-state index contributed by atoms with van der Waals surface area (Å²) in [7, 11) is 0. The Morgan fingerprint density at radius 3 is 2.00 bits per heavy atom. The zero-order valence-corrected chi connectivity index (χ0v) is 7.56. The number of hydrogen-bond acceptors (Lipinski definition) is 3. The third kappa shape index (κ3) is 2.16. The second-order valence-corrected chi connectivity index (χ2v) is 2.62. The van der Waals surface area contributed by atoms with Gasteiger partial charge in [-0.15, -0.1) is 0 Å². The van der Waals surface area contributed by atoms with E-state index in [1.54, 1.807) is 11.9 Å². The molecule has 1 rings (SSSR count). The molecule has 0 spiro atoms. The third-order valence-electron chi connectivity index (χ3n) is 1.76. The van der Waals surface area contributed by atoms with Gasteiger partial charge in [0.25, 0.3) is 5.78 Å². The van der Waals surface area contributed by atoms with Crippen LogP contribution in [0.5, 0.6) is 0 Å². The van der Waals surface area contributed by atoms with Crippen LogP contribution < -0.4 is 0 Å². The minimum Gasteiger partial charge on any atom is -0.762 e. The minimum absolute atomic E-state index is 0.0223. The molecule has 0 heterocycles. The minimum atomic E-state index is -0.642. The number of ketones is 1. The Kier molecular flexibility index (Phi) is 3.14. The Morgan fingerprint density at radius 1 is 1.07 bits per heavy atom. The first kappa shape index (κ1) is 10.4. The van der Waals surface area contributed by atoms with Gasteiger partial charge >= 0.3 is 0 Å². The maximum absolute atomic E-state index is 10.9. The summed E-state index contributed by atoms with van der Waals surface area (Å²) in [6.07, 6.45) is 0. The van der Waals surface area contributed by atoms with Gasteiger partial charge in [-0.25, -0.2) is 5.87 Å². The summed E-state index contributed by atoms with van der Waals surface area (Å²) in [6.45, 7) is 0. The number of Topliss-reactive ketones (excluding diaryl/α,β-unsaturated/α-hetero) is 1. The molecule has 4 nitrogen and oxygen atoms in total. The Bertz CT molecular complexity index is 522. The largest absolute Gasteiger partial charge is 0.762 e. The molecule has 0 unspecified atom stereocenters. The van der Waals surface area contributed by atoms with E-state index in [0.717, 1.165) is 0 Å². The summed E-state index contributed by atoms with van der Waals surface area (Å²) >= 11 is 0. The van der Waals surface area contributed by atoms with Crippen molar-refractivity contribution in [2.24, 2.45) is 0 Å². The summed E-state index contributed by atoms with van der Waals surface area (Å²) < 4.78 is 0. The normalized spacial score (nSPS) is 8.13. The first-order chi connectivity index (χ1) is 7.22. The van der Waals surface area contributed by atoms with E-state index in [1.807, 2.05) is 0 Å². The first-order valence-corrected chi connectivity index (χ1v) is 3.95. The van der Waals surface area contributed by atoms with Gasteiger partial charge in [0.1, 0.15) is 12.1 Å². The van der Waals surface area contributed by atoms with Crippen molar-refractivity contribution in [2.45, 2.75) is 0 Å². The molecule has 70 valence electrons. The average Bonchev–Trinajstić information content (AvgIpc) is 2.30. The van der Waals surface area contributed by atoms with E-state index in [1.165, 1.54) is 30.3 Å². The SMILES string of the molecule is N#CC(=O)c1ccc(C(=C=[N-])C#N)cc1. The quantitative estimate of drug-likeness (QED) is 0.309. The Morgan fingerprint density at radius 2 is 1.60 bits per heavy atom. The highest BCUT2D eigenvalue weighted by Crippen LogP contribution is 2.12. The van der Waals surface area contributed by atoms with E-state index in [0.29, 0.717) is 5.56 Å². The average molecular weight is 194 g/mol. The fourth-order valence-electron chi connectivity index (χ4n) is 1.01. The van der Waals surface area contributed by atoms with E-state index >= 15 is 0 Å². The van der Waals surface area contributed by atoms with Crippen LogP contribution in [-0.2, 0) is 0 Å². The van der Waals surface area contributed by atoms with E-state index < -0.39 is 5.78 Å². The molecule has 0 fully saturated rings. The van der Waals surface area contributed by atoms with Crippen LogP contribution in [0.4, 0.5) is 0 Å². The number of nitrogens with zero attached hydrogens (tertiary/aromatic N) is 3. The van der Waals surface area contributed by atoms with Crippen molar-refractivity contribution in [1.82, 2.24) is 0 Å². The Labute approximate surface area is 86.2 Å². The predicted octanol–water partition coefficient (Wildman–Crippen LogP) is 1.54. The van der Waals surface area contributed by atoms with E-state index in [9.17, 15) is 4.79 Å². The zero-order chi connectivity index (χ0) is 11.3. The number of allylic oxidation sites excluding steroid dienone is 1. The van der Waals surface area contributed by atoms with Crippen molar-refractivity contribution in [3.05, 3.63) is 40.8 Å². The summed E-state index contributed by atoms with van der Waals surface area (Å²) in [6, 6.07) is 8.97. The lowest BCUT2D eigenvalue weighted by Gasteiger charge is -1.98. The fraction of sp³-hybridized carbons (Fsp3) is 0. The van der Waals surface area contributed by atoms with Gasteiger partial charge in [-0.05, 0) is 17.7 Å². The van der Waals surface area contributed by atoms with Gasteiger partial charge in [0, 0.05) is 5.56 Å². The van der Waals surface area contributed by atoms with Crippen LogP contribution in [0.15, 0.2) is 24.3 Å². The molecule has 0 saturated heterocycles. The molecule has 0 aromatic heterocycles. The van der Waals surface area contributed by atoms with Crippen molar-refractivity contribution in [1.29, 1.82) is 10.5 Å². The number of rotatable bonds is 2. The lowest BCUT2D eigenvalue weighted by atomic mass is 10.0. The van der Waals surface area contributed by atoms with Crippen molar-refractivity contribution >= 4 is 17.2 Å². The monoisotopic (exact) mass is 194 g/mol. The Hall–Kier alpha value is -2.68. The van der Waals surface area contributed by atoms with Crippen LogP contribution in [0.3, 0.4) is 0 Å². The topological polar surface area (TPSA) is 86.9 Å². The molecule has 1 aromatic carbocycles. The highest BCUT2D eigenvalue weighted by molar-refractivity contribution is 6.08. The Balaban J connectivity index is 3.13. The van der Waals surface area contributed by atoms with Crippen LogP contribution in [0.2, 0.25) is 0 Å². The molecule has 0 aliphatic rings. The predicted molar refractivity (Wildman–Crippen MR) is 53.8 cm³/mol. The second kappa shape index (κ2) is 4.53. The van der Waals surface area contributed by atoms with E-state index in [2.05, 4.69) is 0 Å². The molecule has 0 aliphatic carbocycles. The molecule has 0 N–H and O–H groups in total. The van der Waals surface area contributed by atoms with Gasteiger partial charge < -0.3 is 5.41 Å². The smallest absolute Gasteiger partial charge is 0.262 e. The van der Waals surface area contributed by atoms with E-state index in [-0.39, 0.29) is 11.1 Å². The van der Waals surface area contributed by atoms with Crippen molar-refractivity contribution in [2.75, 3.05) is 0 Å². The maximum atomic E-state index is 10.9. The molecule has 0 amide bonds. The number of benzene rings is 1. The molecular formula is C11H4N3O-. The number of hydrogen-bond donors (Lipinski definition) is 0. The molecule has 0 atom stereocenters. The fourth-order valence-corrected chi connectivity index (χ4v) is 1.01. The highest BCUT2D eigenvalue weighted by Gasteiger charge is 2.04. The summed E-state index contributed by atoms with van der Waals surface area (Å²) in [5.74, 6) is 1.09. The molecule has 4 heteroatoms. The number of carbonyl (C=O) groups is 1. The molecule has 0 bridgehead atoms. The van der Waals surface area contributed by atoms with Gasteiger partial charge in [-0.1, -0.05) is 12.1 Å². The van der Waals surface area contributed by atoms with Gasteiger partial charge in [0.05, 0.1) is 5.57 Å². The lowest BCUT2D eigenvalue weighted by molar-refractivity contribution is 0.105. The van der Waals surface area contributed by atoms with Crippen molar-refractivity contribution < 1.29 is 4.79 Å². The zero-order valence-electron chi connectivity index (χ0n) is 7.56. The maximum Gasteiger partial charge on any atom is 0.262 e. The van der Waals surface area contributed by atoms with Crippen LogP contribution in [-0.4, -0.2) is 11.7 Å².